The topological polar surface area (TPSA) is 35.2 Å². The highest BCUT2D eigenvalue weighted by atomic mass is 79.9. The third-order valence-electron chi connectivity index (χ3n) is 2.28. The van der Waals surface area contributed by atoms with Gasteiger partial charge in [0, 0.05) is 23.8 Å². The summed E-state index contributed by atoms with van der Waals surface area (Å²) in [6.45, 7) is 0. The van der Waals surface area contributed by atoms with Gasteiger partial charge < -0.3 is 10.5 Å². The fraction of sp³-hybridized carbons (Fsp3) is 0. The van der Waals surface area contributed by atoms with E-state index in [0.29, 0.717) is 15.8 Å². The summed E-state index contributed by atoms with van der Waals surface area (Å²) in [7, 11) is 0. The van der Waals surface area contributed by atoms with Crippen LogP contribution >= 0.6 is 28.1 Å². The Balaban J connectivity index is 2.30. The number of nitrogens with two attached hydrogens (primary N) is 1. The molecule has 0 aromatic heterocycles. The van der Waals surface area contributed by atoms with Crippen LogP contribution in [-0.4, -0.2) is 4.99 Å². The molecule has 2 aromatic rings. The molecule has 0 bridgehead atoms. The number of thiocarbonyl (C=S) groups is 1. The summed E-state index contributed by atoms with van der Waals surface area (Å²) in [5, 5.41) is 0. The minimum Gasteiger partial charge on any atom is -0.456 e. The summed E-state index contributed by atoms with van der Waals surface area (Å²) in [5.41, 5.74) is 6.16. The van der Waals surface area contributed by atoms with Gasteiger partial charge in [0.25, 0.3) is 0 Å². The molecule has 0 heterocycles. The van der Waals surface area contributed by atoms with Crippen LogP contribution in [0.5, 0.6) is 11.5 Å². The molecule has 19 heavy (non-hydrogen) atoms. The number of hydrogen-bond acceptors (Lipinski definition) is 2. The van der Waals surface area contributed by atoms with Crippen molar-refractivity contribution in [3.05, 3.63) is 58.1 Å². The molecule has 6 heteroatoms. The molecule has 0 aliphatic carbocycles. The molecule has 0 aliphatic rings. The van der Waals surface area contributed by atoms with Crippen molar-refractivity contribution < 1.29 is 13.5 Å². The van der Waals surface area contributed by atoms with Crippen LogP contribution in [0.2, 0.25) is 0 Å². The average Bonchev–Trinajstić information content (AvgIpc) is 2.30. The van der Waals surface area contributed by atoms with Gasteiger partial charge in [-0.1, -0.05) is 12.2 Å². The van der Waals surface area contributed by atoms with E-state index < -0.39 is 11.6 Å². The smallest absolute Gasteiger partial charge is 0.141 e. The summed E-state index contributed by atoms with van der Waals surface area (Å²) >= 11 is 8.13. The van der Waals surface area contributed by atoms with E-state index in [1.807, 2.05) is 0 Å². The van der Waals surface area contributed by atoms with Crippen molar-refractivity contribution in [2.75, 3.05) is 0 Å². The quantitative estimate of drug-likeness (QED) is 0.850. The molecular weight excluding hydrogens is 336 g/mol. The normalized spacial score (nSPS) is 10.3. The zero-order valence-electron chi connectivity index (χ0n) is 9.49. The van der Waals surface area contributed by atoms with E-state index in [1.165, 1.54) is 0 Å². The lowest BCUT2D eigenvalue weighted by Gasteiger charge is -2.09. The number of halogens is 3. The molecule has 2 nitrogen and oxygen atoms in total. The number of ether oxygens (including phenoxy) is 1. The summed E-state index contributed by atoms with van der Waals surface area (Å²) < 4.78 is 32.1. The number of rotatable bonds is 3. The predicted molar refractivity (Wildman–Crippen MR) is 76.5 cm³/mol. The highest BCUT2D eigenvalue weighted by Gasteiger charge is 2.07. The largest absolute Gasteiger partial charge is 0.456 e. The first-order valence-corrected chi connectivity index (χ1v) is 6.39. The molecule has 2 N–H and O–H groups in total. The van der Waals surface area contributed by atoms with Gasteiger partial charge in [0.15, 0.2) is 0 Å². The Morgan fingerprint density at radius 1 is 1.11 bits per heavy atom. The molecule has 98 valence electrons. The molecule has 0 fully saturated rings. The summed E-state index contributed by atoms with van der Waals surface area (Å²) in [4.78, 5) is 0.254. The zero-order valence-corrected chi connectivity index (χ0v) is 11.9. The van der Waals surface area contributed by atoms with Crippen molar-refractivity contribution in [1.29, 1.82) is 0 Å². The Morgan fingerprint density at radius 3 is 2.26 bits per heavy atom. The van der Waals surface area contributed by atoms with E-state index in [9.17, 15) is 8.78 Å². The van der Waals surface area contributed by atoms with Crippen LogP contribution in [0.4, 0.5) is 8.78 Å². The maximum Gasteiger partial charge on any atom is 0.141 e. The average molecular weight is 344 g/mol. The summed E-state index contributed by atoms with van der Waals surface area (Å²) in [6, 6.07) is 7.92. The van der Waals surface area contributed by atoms with Gasteiger partial charge in [-0.15, -0.1) is 0 Å². The number of benzene rings is 2. The molecule has 0 spiro atoms. The Labute approximate surface area is 122 Å². The molecular formula is C13H8BrF2NOS. The van der Waals surface area contributed by atoms with Crippen LogP contribution in [0.15, 0.2) is 40.9 Å². The molecule has 0 atom stereocenters. The maximum absolute atomic E-state index is 13.0. The molecule has 0 unspecified atom stereocenters. The highest BCUT2D eigenvalue weighted by molar-refractivity contribution is 9.10. The van der Waals surface area contributed by atoms with Gasteiger partial charge in [0.2, 0.25) is 0 Å². The third kappa shape index (κ3) is 3.48. The highest BCUT2D eigenvalue weighted by Crippen LogP contribution is 2.31. The molecule has 2 aromatic carbocycles. The lowest BCUT2D eigenvalue weighted by atomic mass is 10.2. The van der Waals surface area contributed by atoms with Crippen molar-refractivity contribution in [3.8, 4) is 11.5 Å². The second-order valence-corrected chi connectivity index (χ2v) is 5.01. The number of hydrogen-bond donors (Lipinski definition) is 1. The minimum atomic E-state index is -0.703. The SMILES string of the molecule is NC(=S)c1ccc(Oc2cc(F)cc(F)c2)c(Br)c1. The van der Waals surface area contributed by atoms with Crippen molar-refractivity contribution in [1.82, 2.24) is 0 Å². The Bertz CT molecular complexity index is 628. The van der Waals surface area contributed by atoms with E-state index in [-0.39, 0.29) is 10.7 Å². The Kier molecular flexibility index (Phi) is 4.11. The van der Waals surface area contributed by atoms with Crippen molar-refractivity contribution in [3.63, 3.8) is 0 Å². The van der Waals surface area contributed by atoms with Crippen LogP contribution < -0.4 is 10.5 Å². The van der Waals surface area contributed by atoms with Gasteiger partial charge in [-0.3, -0.25) is 0 Å². The van der Waals surface area contributed by atoms with Crippen LogP contribution in [0.25, 0.3) is 0 Å². The molecule has 0 aliphatic heterocycles. The van der Waals surface area contributed by atoms with E-state index in [0.717, 1.165) is 18.2 Å². The fourth-order valence-electron chi connectivity index (χ4n) is 1.45. The zero-order chi connectivity index (χ0) is 14.0. The van der Waals surface area contributed by atoms with E-state index >= 15 is 0 Å². The van der Waals surface area contributed by atoms with Crippen LogP contribution in [0, 0.1) is 11.6 Å². The van der Waals surface area contributed by atoms with Gasteiger partial charge in [-0.25, -0.2) is 8.78 Å². The Morgan fingerprint density at radius 2 is 1.74 bits per heavy atom. The molecule has 0 saturated heterocycles. The summed E-state index contributed by atoms with van der Waals surface area (Å²) in [5.74, 6) is -0.928. The monoisotopic (exact) mass is 343 g/mol. The van der Waals surface area contributed by atoms with Crippen LogP contribution in [0.1, 0.15) is 5.56 Å². The second-order valence-electron chi connectivity index (χ2n) is 3.72. The van der Waals surface area contributed by atoms with Crippen molar-refractivity contribution >= 4 is 33.1 Å². The van der Waals surface area contributed by atoms with Crippen LogP contribution in [-0.2, 0) is 0 Å². The molecule has 0 amide bonds. The fourth-order valence-corrected chi connectivity index (χ4v) is 2.04. The predicted octanol–water partition coefficient (Wildman–Crippen LogP) is 4.15. The summed E-state index contributed by atoms with van der Waals surface area (Å²) in [6.07, 6.45) is 0. The van der Waals surface area contributed by atoms with Crippen LogP contribution in [0.3, 0.4) is 0 Å². The van der Waals surface area contributed by atoms with E-state index in [1.54, 1.807) is 18.2 Å². The van der Waals surface area contributed by atoms with Gasteiger partial charge in [-0.2, -0.15) is 0 Å². The van der Waals surface area contributed by atoms with Crippen molar-refractivity contribution in [2.24, 2.45) is 5.73 Å². The second kappa shape index (κ2) is 5.63. The van der Waals surface area contributed by atoms with Gasteiger partial charge in [0.1, 0.15) is 28.1 Å². The molecule has 2 rings (SSSR count). The molecule has 0 saturated carbocycles. The van der Waals surface area contributed by atoms with E-state index in [2.05, 4.69) is 15.9 Å². The van der Waals surface area contributed by atoms with Gasteiger partial charge in [-0.05, 0) is 34.1 Å². The van der Waals surface area contributed by atoms with Gasteiger partial charge >= 0.3 is 0 Å². The minimum absolute atomic E-state index is 0.0706. The molecule has 0 radical (unpaired) electrons. The first-order chi connectivity index (χ1) is 8.95. The standard InChI is InChI=1S/C13H8BrF2NOS/c14-11-3-7(13(17)19)1-2-12(11)18-10-5-8(15)4-9(16)6-10/h1-6H,(H2,17,19). The van der Waals surface area contributed by atoms with Crippen molar-refractivity contribution in [2.45, 2.75) is 0 Å². The lowest BCUT2D eigenvalue weighted by Crippen LogP contribution is -2.09. The van der Waals surface area contributed by atoms with E-state index in [4.69, 9.17) is 22.7 Å². The first kappa shape index (κ1) is 13.9. The first-order valence-electron chi connectivity index (χ1n) is 5.19. The van der Waals surface area contributed by atoms with Gasteiger partial charge in [0.05, 0.1) is 4.47 Å². The Hall–Kier alpha value is -1.53. The lowest BCUT2D eigenvalue weighted by molar-refractivity contribution is 0.465. The third-order valence-corrected chi connectivity index (χ3v) is 3.14. The maximum atomic E-state index is 13.0.